The monoisotopic (exact) mass is 466 g/mol. The van der Waals surface area contributed by atoms with Crippen LogP contribution in [0.25, 0.3) is 0 Å². The maximum atomic E-state index is 2.46. The summed E-state index contributed by atoms with van der Waals surface area (Å²) in [6.07, 6.45) is 13.6. The first-order valence-electron chi connectivity index (χ1n) is 11.7. The Morgan fingerprint density at radius 2 is 0.467 bits per heavy atom. The van der Waals surface area contributed by atoms with E-state index in [2.05, 4.69) is 113 Å². The molecule has 0 saturated heterocycles. The molecular weight excluding hydrogens is 410 g/mol. The zero-order valence-corrected chi connectivity index (χ0v) is 24.4. The number of unbranched alkanes of at least 4 members (excludes halogenated alkanes) is 7. The first kappa shape index (κ1) is 30.6. The fourth-order valence-electron chi connectivity index (χ4n) is 5.06. The number of hydrogen-bond donors (Lipinski definition) is 0. The first-order chi connectivity index (χ1) is 13.9. The zero-order chi connectivity index (χ0) is 23.5. The summed E-state index contributed by atoms with van der Waals surface area (Å²) >= 11 is 0. The lowest BCUT2D eigenvalue weighted by Crippen LogP contribution is -2.37. The van der Waals surface area contributed by atoms with E-state index in [4.69, 9.17) is 0 Å². The standard InChI is InChI=1S/C22H56N6P2/c1-23(2)29(24(3)4,25(5)6)21-19-17-15-13-14-16-18-20-22-30(26(7)8,27(9)10)28(11)12/h13-22H2,1-12H3/q+2. The molecule has 0 N–H and O–H groups in total. The summed E-state index contributed by atoms with van der Waals surface area (Å²) in [5.74, 6) is 0. The molecule has 6 nitrogen and oxygen atoms in total. The molecule has 0 aromatic carbocycles. The highest BCUT2D eigenvalue weighted by atomic mass is 31.2. The summed E-state index contributed by atoms with van der Waals surface area (Å²) in [5, 5.41) is 0. The predicted octanol–water partition coefficient (Wildman–Crippen LogP) is 5.00. The Balaban J connectivity index is 4.17. The van der Waals surface area contributed by atoms with Crippen molar-refractivity contribution in [2.75, 3.05) is 96.9 Å². The minimum atomic E-state index is -1.33. The average molecular weight is 467 g/mol. The van der Waals surface area contributed by atoms with Crippen molar-refractivity contribution in [3.8, 4) is 0 Å². The number of rotatable bonds is 17. The molecule has 182 valence electrons. The van der Waals surface area contributed by atoms with E-state index in [0.29, 0.717) is 0 Å². The molecule has 0 aliphatic carbocycles. The SMILES string of the molecule is CN(C)[P+](CCCCCCCCCC[P+](N(C)C)(N(C)C)N(C)C)(N(C)C)N(C)C. The van der Waals surface area contributed by atoms with Crippen molar-refractivity contribution in [1.82, 2.24) is 28.0 Å². The average Bonchev–Trinajstić information content (AvgIpc) is 2.60. The van der Waals surface area contributed by atoms with Crippen molar-refractivity contribution in [2.45, 2.75) is 51.4 Å². The van der Waals surface area contributed by atoms with Gasteiger partial charge in [-0.3, -0.25) is 0 Å². The van der Waals surface area contributed by atoms with Gasteiger partial charge in [-0.1, -0.05) is 25.7 Å². The van der Waals surface area contributed by atoms with E-state index in [9.17, 15) is 0 Å². The molecule has 0 unspecified atom stereocenters. The highest BCUT2D eigenvalue weighted by Crippen LogP contribution is 2.64. The van der Waals surface area contributed by atoms with Gasteiger partial charge in [-0.15, -0.1) is 0 Å². The van der Waals surface area contributed by atoms with Crippen LogP contribution in [0, 0.1) is 0 Å². The Bertz CT molecular complexity index is 358. The molecule has 0 aliphatic rings. The molecular formula is C22H56N6P2+2. The van der Waals surface area contributed by atoms with Crippen molar-refractivity contribution >= 4 is 15.4 Å². The van der Waals surface area contributed by atoms with Crippen LogP contribution < -0.4 is 0 Å². The van der Waals surface area contributed by atoms with E-state index in [-0.39, 0.29) is 0 Å². The van der Waals surface area contributed by atoms with Gasteiger partial charge in [0.1, 0.15) is 12.3 Å². The van der Waals surface area contributed by atoms with Crippen LogP contribution in [0.3, 0.4) is 0 Å². The molecule has 0 aliphatic heterocycles. The summed E-state index contributed by atoms with van der Waals surface area (Å²) in [7, 11) is 24.3. The third kappa shape index (κ3) is 8.19. The van der Waals surface area contributed by atoms with E-state index in [1.54, 1.807) is 0 Å². The summed E-state index contributed by atoms with van der Waals surface area (Å²) < 4.78 is 14.8. The molecule has 0 amide bonds. The summed E-state index contributed by atoms with van der Waals surface area (Å²) in [6, 6.07) is 0. The Kier molecular flexibility index (Phi) is 15.0. The maximum Gasteiger partial charge on any atom is 0.225 e. The third-order valence-electron chi connectivity index (χ3n) is 6.51. The molecule has 0 bridgehead atoms. The van der Waals surface area contributed by atoms with Crippen LogP contribution in [0.1, 0.15) is 51.4 Å². The molecule has 8 heteroatoms. The van der Waals surface area contributed by atoms with Crippen LogP contribution in [-0.4, -0.2) is 125 Å². The van der Waals surface area contributed by atoms with E-state index in [0.717, 1.165) is 0 Å². The van der Waals surface area contributed by atoms with Crippen molar-refractivity contribution in [3.05, 3.63) is 0 Å². The Morgan fingerprint density at radius 1 is 0.300 bits per heavy atom. The molecule has 0 spiro atoms. The molecule has 0 aromatic heterocycles. The largest absolute Gasteiger partial charge is 0.225 e. The van der Waals surface area contributed by atoms with Gasteiger partial charge >= 0.3 is 0 Å². The highest BCUT2D eigenvalue weighted by Gasteiger charge is 2.47. The van der Waals surface area contributed by atoms with Gasteiger partial charge < -0.3 is 0 Å². The Morgan fingerprint density at radius 3 is 0.633 bits per heavy atom. The lowest BCUT2D eigenvalue weighted by Gasteiger charge is -2.40. The van der Waals surface area contributed by atoms with Crippen LogP contribution in [0.4, 0.5) is 0 Å². The second-order valence-electron chi connectivity index (χ2n) is 9.74. The molecule has 0 radical (unpaired) electrons. The molecule has 30 heavy (non-hydrogen) atoms. The molecule has 0 saturated carbocycles. The number of nitrogens with zero attached hydrogens (tertiary/aromatic N) is 6. The Hall–Kier alpha value is 0.620. The minimum absolute atomic E-state index is 1.30. The highest BCUT2D eigenvalue weighted by molar-refractivity contribution is 7.69. The topological polar surface area (TPSA) is 19.4 Å². The normalized spacial score (nSPS) is 13.8. The first-order valence-corrected chi connectivity index (χ1v) is 15.4. The Labute approximate surface area is 191 Å². The molecule has 0 aromatic rings. The van der Waals surface area contributed by atoms with Crippen molar-refractivity contribution in [1.29, 1.82) is 0 Å². The van der Waals surface area contributed by atoms with Gasteiger partial charge in [-0.2, -0.15) is 28.0 Å². The maximum absolute atomic E-state index is 2.46. The minimum Gasteiger partial charge on any atom is -0.155 e. The molecule has 0 atom stereocenters. The second-order valence-corrected chi connectivity index (χ2v) is 18.2. The third-order valence-corrected chi connectivity index (χ3v) is 16.0. The van der Waals surface area contributed by atoms with Gasteiger partial charge in [-0.25, -0.2) is 0 Å². The van der Waals surface area contributed by atoms with Crippen molar-refractivity contribution in [2.24, 2.45) is 0 Å². The van der Waals surface area contributed by atoms with Gasteiger partial charge in [0.25, 0.3) is 0 Å². The molecule has 0 rings (SSSR count). The van der Waals surface area contributed by atoms with Crippen LogP contribution in [0.2, 0.25) is 0 Å². The van der Waals surface area contributed by atoms with Gasteiger partial charge in [-0.05, 0) is 25.7 Å². The van der Waals surface area contributed by atoms with Crippen molar-refractivity contribution < 1.29 is 0 Å². The van der Waals surface area contributed by atoms with Crippen LogP contribution in [0.5, 0.6) is 0 Å². The van der Waals surface area contributed by atoms with E-state index in [1.807, 2.05) is 0 Å². The van der Waals surface area contributed by atoms with Crippen LogP contribution >= 0.6 is 15.4 Å². The predicted molar refractivity (Wildman–Crippen MR) is 143 cm³/mol. The fraction of sp³-hybridized carbons (Fsp3) is 1.00. The lowest BCUT2D eigenvalue weighted by atomic mass is 10.1. The zero-order valence-electron chi connectivity index (χ0n) is 22.6. The number of hydrogen-bond acceptors (Lipinski definition) is 6. The fourth-order valence-corrected chi connectivity index (χ4v) is 13.0. The quantitative estimate of drug-likeness (QED) is 0.220. The van der Waals surface area contributed by atoms with Gasteiger partial charge in [0.05, 0.1) is 0 Å². The summed E-state index contributed by atoms with van der Waals surface area (Å²) in [4.78, 5) is 0. The smallest absolute Gasteiger partial charge is 0.155 e. The summed E-state index contributed by atoms with van der Waals surface area (Å²) in [6.45, 7) is 0. The van der Waals surface area contributed by atoms with Gasteiger partial charge in [0, 0.05) is 84.6 Å². The van der Waals surface area contributed by atoms with E-state index < -0.39 is 15.4 Å². The second kappa shape index (κ2) is 14.7. The molecule has 0 fully saturated rings. The van der Waals surface area contributed by atoms with E-state index >= 15 is 0 Å². The van der Waals surface area contributed by atoms with Gasteiger partial charge in [0.2, 0.25) is 15.4 Å². The summed E-state index contributed by atoms with van der Waals surface area (Å²) in [5.41, 5.74) is 0. The lowest BCUT2D eigenvalue weighted by molar-refractivity contribution is 0.452. The van der Waals surface area contributed by atoms with Gasteiger partial charge in [0.15, 0.2) is 0 Å². The van der Waals surface area contributed by atoms with Crippen molar-refractivity contribution in [3.63, 3.8) is 0 Å². The van der Waals surface area contributed by atoms with Crippen LogP contribution in [-0.2, 0) is 0 Å². The van der Waals surface area contributed by atoms with Crippen LogP contribution in [0.15, 0.2) is 0 Å². The van der Waals surface area contributed by atoms with E-state index in [1.165, 1.54) is 63.7 Å². The molecule has 0 heterocycles.